The van der Waals surface area contributed by atoms with Crippen LogP contribution in [0.3, 0.4) is 0 Å². The summed E-state index contributed by atoms with van der Waals surface area (Å²) in [6, 6.07) is 3.55. The van der Waals surface area contributed by atoms with Crippen molar-refractivity contribution >= 4 is 33.6 Å². The van der Waals surface area contributed by atoms with Gasteiger partial charge in [-0.25, -0.2) is 4.79 Å². The Bertz CT molecular complexity index is 521. The van der Waals surface area contributed by atoms with Crippen LogP contribution in [0.15, 0.2) is 16.6 Å². The van der Waals surface area contributed by atoms with Gasteiger partial charge in [-0.05, 0) is 60.8 Å². The molecule has 116 valence electrons. The van der Waals surface area contributed by atoms with Crippen molar-refractivity contribution < 1.29 is 14.7 Å². The smallest absolute Gasteiger partial charge is 0.322 e. The molecule has 0 saturated carbocycles. The fourth-order valence-corrected chi connectivity index (χ4v) is 2.84. The summed E-state index contributed by atoms with van der Waals surface area (Å²) in [5.74, 6) is -0.916. The highest BCUT2D eigenvalue weighted by molar-refractivity contribution is 9.10. The van der Waals surface area contributed by atoms with E-state index in [4.69, 9.17) is 5.11 Å². The van der Waals surface area contributed by atoms with Gasteiger partial charge >= 0.3 is 12.0 Å². The van der Waals surface area contributed by atoms with Crippen LogP contribution in [-0.4, -0.2) is 34.6 Å². The molecule has 0 aliphatic heterocycles. The zero-order valence-corrected chi connectivity index (χ0v) is 14.3. The van der Waals surface area contributed by atoms with Gasteiger partial charge < -0.3 is 15.3 Å². The van der Waals surface area contributed by atoms with Crippen LogP contribution in [0.4, 0.5) is 10.5 Å². The van der Waals surface area contributed by atoms with Gasteiger partial charge in [0.15, 0.2) is 0 Å². The number of rotatable bonds is 5. The average Bonchev–Trinajstić information content (AvgIpc) is 2.33. The molecule has 21 heavy (non-hydrogen) atoms. The van der Waals surface area contributed by atoms with Crippen LogP contribution in [0.1, 0.15) is 31.4 Å². The van der Waals surface area contributed by atoms with E-state index in [1.54, 1.807) is 0 Å². The van der Waals surface area contributed by atoms with Crippen LogP contribution >= 0.6 is 15.9 Å². The predicted molar refractivity (Wildman–Crippen MR) is 86.7 cm³/mol. The summed E-state index contributed by atoms with van der Waals surface area (Å²) >= 11 is 3.45. The summed E-state index contributed by atoms with van der Waals surface area (Å²) < 4.78 is 0.815. The zero-order chi connectivity index (χ0) is 16.2. The molecule has 1 aromatic rings. The van der Waals surface area contributed by atoms with Gasteiger partial charge in [0, 0.05) is 17.1 Å². The number of hydrogen-bond donors (Lipinski definition) is 2. The van der Waals surface area contributed by atoms with E-state index in [0.717, 1.165) is 15.6 Å². The van der Waals surface area contributed by atoms with Gasteiger partial charge in [0.05, 0.1) is 12.1 Å². The van der Waals surface area contributed by atoms with Crippen LogP contribution in [0.25, 0.3) is 0 Å². The molecule has 0 aliphatic rings. The summed E-state index contributed by atoms with van der Waals surface area (Å²) in [5.41, 5.74) is 2.77. The highest BCUT2D eigenvalue weighted by Gasteiger charge is 2.19. The molecule has 0 unspecified atom stereocenters. The van der Waals surface area contributed by atoms with E-state index < -0.39 is 5.97 Å². The number of nitrogens with zero attached hydrogens (tertiary/aromatic N) is 1. The van der Waals surface area contributed by atoms with Gasteiger partial charge in [-0.15, -0.1) is 0 Å². The van der Waals surface area contributed by atoms with E-state index in [9.17, 15) is 9.59 Å². The molecule has 6 heteroatoms. The molecule has 0 fully saturated rings. The Kier molecular flexibility index (Phi) is 6.20. The van der Waals surface area contributed by atoms with Crippen LogP contribution < -0.4 is 5.32 Å². The summed E-state index contributed by atoms with van der Waals surface area (Å²) in [4.78, 5) is 24.6. The minimum atomic E-state index is -0.916. The molecular weight excluding hydrogens is 336 g/mol. The van der Waals surface area contributed by atoms with Gasteiger partial charge in [0.25, 0.3) is 0 Å². The topological polar surface area (TPSA) is 69.6 Å². The van der Waals surface area contributed by atoms with E-state index in [1.165, 1.54) is 4.90 Å². The SMILES string of the molecule is Cc1cc(C)c(NC(=O)N(CCC(=O)O)C(C)C)c(Br)c1. The zero-order valence-electron chi connectivity index (χ0n) is 12.7. The Morgan fingerprint density at radius 2 is 1.95 bits per heavy atom. The number of carboxylic acid groups (broad SMARTS) is 1. The number of carbonyl (C=O) groups is 2. The Labute approximate surface area is 133 Å². The van der Waals surface area contributed by atoms with Gasteiger partial charge in [-0.2, -0.15) is 0 Å². The van der Waals surface area contributed by atoms with Crippen LogP contribution in [0, 0.1) is 13.8 Å². The number of aryl methyl sites for hydroxylation is 2. The molecular formula is C15H21BrN2O3. The lowest BCUT2D eigenvalue weighted by atomic mass is 10.1. The Morgan fingerprint density at radius 1 is 1.33 bits per heavy atom. The number of carboxylic acids is 1. The van der Waals surface area contributed by atoms with Crippen molar-refractivity contribution in [1.29, 1.82) is 0 Å². The van der Waals surface area contributed by atoms with E-state index in [-0.39, 0.29) is 25.0 Å². The number of anilines is 1. The molecule has 5 nitrogen and oxygen atoms in total. The monoisotopic (exact) mass is 356 g/mol. The molecule has 0 heterocycles. The predicted octanol–water partition coefficient (Wildman–Crippen LogP) is 3.78. The Hall–Kier alpha value is -1.56. The van der Waals surface area contributed by atoms with Crippen molar-refractivity contribution in [2.45, 2.75) is 40.2 Å². The lowest BCUT2D eigenvalue weighted by Crippen LogP contribution is -2.41. The maximum Gasteiger partial charge on any atom is 0.322 e. The Morgan fingerprint density at radius 3 is 2.43 bits per heavy atom. The number of amides is 2. The molecule has 1 rings (SSSR count). The molecule has 0 radical (unpaired) electrons. The first kappa shape index (κ1) is 17.5. The minimum absolute atomic E-state index is 0.0698. The molecule has 2 amide bonds. The number of aliphatic carboxylic acids is 1. The van der Waals surface area contributed by atoms with Crippen molar-refractivity contribution in [3.8, 4) is 0 Å². The average molecular weight is 357 g/mol. The van der Waals surface area contributed by atoms with Crippen molar-refractivity contribution in [3.05, 3.63) is 27.7 Å². The van der Waals surface area contributed by atoms with Crippen molar-refractivity contribution in [2.75, 3.05) is 11.9 Å². The van der Waals surface area contributed by atoms with E-state index in [1.807, 2.05) is 39.8 Å². The molecule has 0 atom stereocenters. The molecule has 0 saturated heterocycles. The highest BCUT2D eigenvalue weighted by Crippen LogP contribution is 2.28. The minimum Gasteiger partial charge on any atom is -0.481 e. The highest BCUT2D eigenvalue weighted by atomic mass is 79.9. The number of hydrogen-bond acceptors (Lipinski definition) is 2. The second-order valence-electron chi connectivity index (χ2n) is 5.30. The van der Waals surface area contributed by atoms with Crippen molar-refractivity contribution in [3.63, 3.8) is 0 Å². The number of carbonyl (C=O) groups excluding carboxylic acids is 1. The second kappa shape index (κ2) is 7.45. The fourth-order valence-electron chi connectivity index (χ4n) is 2.06. The first-order valence-electron chi connectivity index (χ1n) is 6.78. The quantitative estimate of drug-likeness (QED) is 0.843. The summed E-state index contributed by atoms with van der Waals surface area (Å²) in [6.07, 6.45) is -0.0698. The van der Waals surface area contributed by atoms with Gasteiger partial charge in [-0.3, -0.25) is 4.79 Å². The summed E-state index contributed by atoms with van der Waals surface area (Å²) in [7, 11) is 0. The summed E-state index contributed by atoms with van der Waals surface area (Å²) in [6.45, 7) is 7.80. The van der Waals surface area contributed by atoms with E-state index in [0.29, 0.717) is 5.69 Å². The third kappa shape index (κ3) is 5.04. The fraction of sp³-hybridized carbons (Fsp3) is 0.467. The molecule has 0 aliphatic carbocycles. The van der Waals surface area contributed by atoms with Crippen LogP contribution in [0.2, 0.25) is 0 Å². The third-order valence-electron chi connectivity index (χ3n) is 3.11. The number of halogens is 1. The molecule has 0 aromatic heterocycles. The standard InChI is InChI=1S/C15H21BrN2O3/c1-9(2)18(6-5-13(19)20)15(21)17-14-11(4)7-10(3)8-12(14)16/h7-9H,5-6H2,1-4H3,(H,17,21)(H,19,20). The maximum absolute atomic E-state index is 12.4. The molecule has 0 bridgehead atoms. The van der Waals surface area contributed by atoms with Crippen LogP contribution in [0.5, 0.6) is 0 Å². The first-order valence-corrected chi connectivity index (χ1v) is 7.57. The van der Waals surface area contributed by atoms with Gasteiger partial charge in [0.1, 0.15) is 0 Å². The van der Waals surface area contributed by atoms with Gasteiger partial charge in [0.2, 0.25) is 0 Å². The lowest BCUT2D eigenvalue weighted by molar-refractivity contribution is -0.137. The molecule has 2 N–H and O–H groups in total. The number of benzene rings is 1. The number of urea groups is 1. The van der Waals surface area contributed by atoms with E-state index in [2.05, 4.69) is 21.2 Å². The van der Waals surface area contributed by atoms with Crippen LogP contribution in [-0.2, 0) is 4.79 Å². The van der Waals surface area contributed by atoms with E-state index >= 15 is 0 Å². The third-order valence-corrected chi connectivity index (χ3v) is 3.74. The number of nitrogens with one attached hydrogen (secondary N) is 1. The largest absolute Gasteiger partial charge is 0.481 e. The van der Waals surface area contributed by atoms with Crippen molar-refractivity contribution in [2.24, 2.45) is 0 Å². The molecule has 1 aromatic carbocycles. The maximum atomic E-state index is 12.4. The first-order chi connectivity index (χ1) is 9.72. The second-order valence-corrected chi connectivity index (χ2v) is 6.15. The Balaban J connectivity index is 2.89. The lowest BCUT2D eigenvalue weighted by Gasteiger charge is -2.27. The molecule has 0 spiro atoms. The summed E-state index contributed by atoms with van der Waals surface area (Å²) in [5, 5.41) is 11.6. The van der Waals surface area contributed by atoms with Gasteiger partial charge in [-0.1, -0.05) is 6.07 Å². The normalized spacial score (nSPS) is 10.6. The van der Waals surface area contributed by atoms with Crippen molar-refractivity contribution in [1.82, 2.24) is 4.90 Å².